The average molecular weight is 306 g/mol. The van der Waals surface area contributed by atoms with Crippen molar-refractivity contribution < 1.29 is 4.74 Å². The number of nitrogens with zero attached hydrogens (tertiary/aromatic N) is 2. The summed E-state index contributed by atoms with van der Waals surface area (Å²) in [6.45, 7) is 2.98. The summed E-state index contributed by atoms with van der Waals surface area (Å²) in [5.74, 6) is 0.900. The van der Waals surface area contributed by atoms with Gasteiger partial charge in [0, 0.05) is 6.21 Å². The highest BCUT2D eigenvalue weighted by atomic mass is 16.5. The third kappa shape index (κ3) is 5.96. The van der Waals surface area contributed by atoms with Crippen LogP contribution in [-0.4, -0.2) is 12.8 Å². The molecule has 3 heteroatoms. The minimum Gasteiger partial charge on any atom is -0.494 e. The van der Waals surface area contributed by atoms with Crippen molar-refractivity contribution in [1.82, 2.24) is 0 Å². The maximum absolute atomic E-state index is 8.77. The van der Waals surface area contributed by atoms with Gasteiger partial charge in [0.1, 0.15) is 5.75 Å². The average Bonchev–Trinajstić information content (AvgIpc) is 2.61. The number of hydrogen-bond acceptors (Lipinski definition) is 3. The number of nitriles is 1. The number of aliphatic imine (C=N–C) groups is 1. The quantitative estimate of drug-likeness (QED) is 0.493. The van der Waals surface area contributed by atoms with E-state index in [1.165, 1.54) is 19.3 Å². The van der Waals surface area contributed by atoms with Gasteiger partial charge in [-0.05, 0) is 60.5 Å². The van der Waals surface area contributed by atoms with Gasteiger partial charge in [0.25, 0.3) is 0 Å². The Balaban J connectivity index is 1.84. The molecule has 3 nitrogen and oxygen atoms in total. The van der Waals surface area contributed by atoms with Crippen LogP contribution in [-0.2, 0) is 0 Å². The Kier molecular flexibility index (Phi) is 6.87. The van der Waals surface area contributed by atoms with Crippen molar-refractivity contribution in [3.05, 3.63) is 59.7 Å². The van der Waals surface area contributed by atoms with Crippen LogP contribution in [0, 0.1) is 11.3 Å². The normalized spacial score (nSPS) is 10.6. The van der Waals surface area contributed by atoms with E-state index in [4.69, 9.17) is 10.00 Å². The molecule has 23 heavy (non-hydrogen) atoms. The molecular weight excluding hydrogens is 284 g/mol. The number of ether oxygens (including phenoxy) is 1. The lowest BCUT2D eigenvalue weighted by Crippen LogP contribution is -1.97. The van der Waals surface area contributed by atoms with E-state index in [9.17, 15) is 0 Å². The smallest absolute Gasteiger partial charge is 0.119 e. The summed E-state index contributed by atoms with van der Waals surface area (Å²) in [6.07, 6.45) is 6.66. The first kappa shape index (κ1) is 16.8. The number of rotatable bonds is 8. The fraction of sp³-hybridized carbons (Fsp3) is 0.300. The van der Waals surface area contributed by atoms with Crippen molar-refractivity contribution in [3.63, 3.8) is 0 Å². The molecule has 0 amide bonds. The molecule has 0 aliphatic heterocycles. The lowest BCUT2D eigenvalue weighted by molar-refractivity contribution is 0.305. The molecule has 0 atom stereocenters. The van der Waals surface area contributed by atoms with Crippen molar-refractivity contribution in [1.29, 1.82) is 5.26 Å². The lowest BCUT2D eigenvalue weighted by Gasteiger charge is -2.05. The first-order valence-corrected chi connectivity index (χ1v) is 8.09. The van der Waals surface area contributed by atoms with Gasteiger partial charge in [-0.25, -0.2) is 0 Å². The van der Waals surface area contributed by atoms with Crippen molar-refractivity contribution in [3.8, 4) is 11.8 Å². The predicted octanol–water partition coefficient (Wildman–Crippen LogP) is 5.27. The third-order valence-electron chi connectivity index (χ3n) is 3.51. The third-order valence-corrected chi connectivity index (χ3v) is 3.51. The summed E-state index contributed by atoms with van der Waals surface area (Å²) in [7, 11) is 0. The van der Waals surface area contributed by atoms with Crippen LogP contribution < -0.4 is 4.74 Å². The molecule has 0 aliphatic carbocycles. The second-order valence-corrected chi connectivity index (χ2v) is 5.40. The molecule has 118 valence electrons. The Morgan fingerprint density at radius 2 is 1.74 bits per heavy atom. The molecule has 0 N–H and O–H groups in total. The van der Waals surface area contributed by atoms with Crippen LogP contribution in [0.1, 0.15) is 43.7 Å². The first-order valence-electron chi connectivity index (χ1n) is 8.09. The first-order chi connectivity index (χ1) is 11.3. The number of unbranched alkanes of at least 4 members (excludes halogenated alkanes) is 3. The van der Waals surface area contributed by atoms with Gasteiger partial charge in [0.2, 0.25) is 0 Å². The highest BCUT2D eigenvalue weighted by Crippen LogP contribution is 2.15. The van der Waals surface area contributed by atoms with Crippen molar-refractivity contribution >= 4 is 11.9 Å². The molecule has 0 saturated heterocycles. The molecule has 0 spiro atoms. The number of hydrogen-bond donors (Lipinski definition) is 0. The zero-order valence-corrected chi connectivity index (χ0v) is 13.5. The van der Waals surface area contributed by atoms with Crippen LogP contribution in [0.2, 0.25) is 0 Å². The molecule has 0 radical (unpaired) electrons. The molecule has 0 fully saturated rings. The Labute approximate surface area is 138 Å². The van der Waals surface area contributed by atoms with E-state index in [-0.39, 0.29) is 0 Å². The minimum atomic E-state index is 0.643. The molecule has 0 aliphatic rings. The Morgan fingerprint density at radius 1 is 1.00 bits per heavy atom. The van der Waals surface area contributed by atoms with Gasteiger partial charge in [-0.15, -0.1) is 0 Å². The van der Waals surface area contributed by atoms with E-state index >= 15 is 0 Å². The van der Waals surface area contributed by atoms with E-state index in [2.05, 4.69) is 18.0 Å². The second kappa shape index (κ2) is 9.42. The lowest BCUT2D eigenvalue weighted by atomic mass is 10.2. The molecule has 0 bridgehead atoms. The topological polar surface area (TPSA) is 45.4 Å². The van der Waals surface area contributed by atoms with Gasteiger partial charge < -0.3 is 4.74 Å². The fourth-order valence-electron chi connectivity index (χ4n) is 2.14. The summed E-state index contributed by atoms with van der Waals surface area (Å²) in [4.78, 5) is 4.40. The van der Waals surface area contributed by atoms with E-state index in [0.717, 1.165) is 30.0 Å². The summed E-state index contributed by atoms with van der Waals surface area (Å²) in [5.41, 5.74) is 2.50. The van der Waals surface area contributed by atoms with E-state index in [0.29, 0.717) is 5.56 Å². The van der Waals surface area contributed by atoms with Crippen LogP contribution in [0.25, 0.3) is 0 Å². The summed E-state index contributed by atoms with van der Waals surface area (Å²) in [5, 5.41) is 8.77. The molecule has 0 heterocycles. The van der Waals surface area contributed by atoms with Gasteiger partial charge in [0.15, 0.2) is 0 Å². The van der Waals surface area contributed by atoms with Crippen LogP contribution in [0.4, 0.5) is 5.69 Å². The highest BCUT2D eigenvalue weighted by Gasteiger charge is 1.95. The molecular formula is C20H22N2O. The predicted molar refractivity (Wildman–Crippen MR) is 94.5 cm³/mol. The molecule has 2 aromatic carbocycles. The van der Waals surface area contributed by atoms with Gasteiger partial charge >= 0.3 is 0 Å². The van der Waals surface area contributed by atoms with Crippen LogP contribution in [0.15, 0.2) is 53.5 Å². The Bertz CT molecular complexity index is 652. The molecule has 2 aromatic rings. The van der Waals surface area contributed by atoms with E-state index in [1.54, 1.807) is 12.1 Å². The standard InChI is InChI=1S/C20H22N2O/c1-2-3-4-5-14-23-20-12-8-18(9-13-20)16-22-19-10-6-17(15-21)7-11-19/h6-13,16H,2-5,14H2,1H3. The molecule has 0 unspecified atom stereocenters. The van der Waals surface area contributed by atoms with Gasteiger partial charge in [-0.2, -0.15) is 5.26 Å². The van der Waals surface area contributed by atoms with Crippen molar-refractivity contribution in [2.75, 3.05) is 6.61 Å². The second-order valence-electron chi connectivity index (χ2n) is 5.40. The maximum atomic E-state index is 8.77. The van der Waals surface area contributed by atoms with Crippen LogP contribution in [0.3, 0.4) is 0 Å². The highest BCUT2D eigenvalue weighted by molar-refractivity contribution is 5.82. The van der Waals surface area contributed by atoms with Gasteiger partial charge in [-0.3, -0.25) is 4.99 Å². The largest absolute Gasteiger partial charge is 0.494 e. The maximum Gasteiger partial charge on any atom is 0.119 e. The monoisotopic (exact) mass is 306 g/mol. The van der Waals surface area contributed by atoms with Crippen molar-refractivity contribution in [2.45, 2.75) is 32.6 Å². The van der Waals surface area contributed by atoms with Gasteiger partial charge in [0.05, 0.1) is 23.9 Å². The molecule has 0 saturated carbocycles. The summed E-state index contributed by atoms with van der Waals surface area (Å²) in [6, 6.07) is 17.2. The zero-order chi connectivity index (χ0) is 16.3. The van der Waals surface area contributed by atoms with Crippen LogP contribution in [0.5, 0.6) is 5.75 Å². The van der Waals surface area contributed by atoms with Crippen molar-refractivity contribution in [2.24, 2.45) is 4.99 Å². The SMILES string of the molecule is CCCCCCOc1ccc(C=Nc2ccc(C#N)cc2)cc1. The zero-order valence-electron chi connectivity index (χ0n) is 13.5. The fourth-order valence-corrected chi connectivity index (χ4v) is 2.14. The molecule has 2 rings (SSSR count). The van der Waals surface area contributed by atoms with Crippen LogP contribution >= 0.6 is 0 Å². The summed E-state index contributed by atoms with van der Waals surface area (Å²) >= 11 is 0. The Hall–Kier alpha value is -2.60. The molecule has 0 aromatic heterocycles. The van der Waals surface area contributed by atoms with E-state index in [1.807, 2.05) is 42.6 Å². The van der Waals surface area contributed by atoms with E-state index < -0.39 is 0 Å². The van der Waals surface area contributed by atoms with Gasteiger partial charge in [-0.1, -0.05) is 26.2 Å². The summed E-state index contributed by atoms with van der Waals surface area (Å²) < 4.78 is 5.72. The number of benzene rings is 2. The minimum absolute atomic E-state index is 0.643. The Morgan fingerprint density at radius 3 is 2.39 bits per heavy atom.